The molecule has 0 aliphatic carbocycles. The zero-order valence-corrected chi connectivity index (χ0v) is 19.0. The van der Waals surface area contributed by atoms with Crippen molar-refractivity contribution >= 4 is 29.9 Å². The van der Waals surface area contributed by atoms with Crippen LogP contribution in [0.5, 0.6) is 0 Å². The van der Waals surface area contributed by atoms with E-state index in [1.165, 1.54) is 43.0 Å². The second-order valence-corrected chi connectivity index (χ2v) is 26.2. The molecule has 1 aromatic carbocycles. The molecule has 2 atom stereocenters. The average molecular weight is 497 g/mol. The molecular weight excluding hydrogens is 462 g/mol. The Morgan fingerprint density at radius 2 is 1.74 bits per heavy atom. The minimum absolute atomic E-state index is 0.0941. The van der Waals surface area contributed by atoms with Crippen molar-refractivity contribution < 1.29 is 5.11 Å². The van der Waals surface area contributed by atoms with Crippen molar-refractivity contribution in [2.75, 3.05) is 0 Å². The van der Waals surface area contributed by atoms with E-state index in [-0.39, 0.29) is 6.10 Å². The monoisotopic (exact) mass is 498 g/mol. The molecule has 1 aromatic rings. The van der Waals surface area contributed by atoms with Crippen molar-refractivity contribution in [2.45, 2.75) is 81.4 Å². The first-order valence-corrected chi connectivity index (χ1v) is 18.9. The van der Waals surface area contributed by atoms with Crippen LogP contribution in [0.25, 0.3) is 0 Å². The van der Waals surface area contributed by atoms with Gasteiger partial charge in [0.25, 0.3) is 0 Å². The van der Waals surface area contributed by atoms with E-state index < -0.39 is 9.60 Å². The molecule has 23 heavy (non-hydrogen) atoms. The van der Waals surface area contributed by atoms with Crippen molar-refractivity contribution in [1.82, 2.24) is 0 Å². The first-order valence-electron chi connectivity index (χ1n) is 9.03. The summed E-state index contributed by atoms with van der Waals surface area (Å²) in [7, 11) is -1.29. The van der Waals surface area contributed by atoms with Gasteiger partial charge >= 0.3 is 158 Å². The molecule has 0 aromatic heterocycles. The summed E-state index contributed by atoms with van der Waals surface area (Å²) in [5.74, 6) is 5.60. The molecule has 0 radical (unpaired) electrons. The summed E-state index contributed by atoms with van der Waals surface area (Å²) in [5, 5.41) is 11.8. The fraction of sp³-hybridized carbons (Fsp3) is 0.700. The van der Waals surface area contributed by atoms with Gasteiger partial charge in [0, 0.05) is 0 Å². The van der Waals surface area contributed by atoms with Crippen LogP contribution in [0.15, 0.2) is 30.3 Å². The van der Waals surface area contributed by atoms with E-state index in [1.54, 1.807) is 0 Å². The summed E-state index contributed by atoms with van der Waals surface area (Å²) in [4.78, 5) is 0. The number of rotatable bonds is 12. The molecule has 0 heterocycles. The number of aryl methyl sites for hydroxylation is 1. The zero-order chi connectivity index (χ0) is 17.1. The molecule has 0 fully saturated rings. The van der Waals surface area contributed by atoms with E-state index in [0.717, 1.165) is 19.3 Å². The third-order valence-corrected chi connectivity index (χ3v) is 8.83. The molecule has 0 aliphatic rings. The summed E-state index contributed by atoms with van der Waals surface area (Å²) in [6.45, 7) is 2.24. The van der Waals surface area contributed by atoms with Crippen LogP contribution in [0.2, 0.25) is 17.0 Å². The molecule has 0 saturated heterocycles. The van der Waals surface area contributed by atoms with Crippen LogP contribution in [0.1, 0.15) is 57.4 Å². The van der Waals surface area contributed by atoms with E-state index in [1.807, 2.05) is 0 Å². The summed E-state index contributed by atoms with van der Waals surface area (Å²) >= 11 is 2.71. The molecule has 1 N–H and O–H groups in total. The van der Waals surface area contributed by atoms with Crippen LogP contribution in [0.3, 0.4) is 0 Å². The van der Waals surface area contributed by atoms with E-state index in [4.69, 9.17) is 0 Å². The van der Waals surface area contributed by atoms with E-state index in [9.17, 15) is 5.11 Å². The van der Waals surface area contributed by atoms with Gasteiger partial charge in [-0.2, -0.15) is 0 Å². The summed E-state index contributed by atoms with van der Waals surface area (Å²) in [5.41, 5.74) is 1.44. The van der Waals surface area contributed by atoms with Crippen molar-refractivity contribution in [3.8, 4) is 0 Å². The normalized spacial score (nSPS) is 15.3. The van der Waals surface area contributed by atoms with E-state index >= 15 is 0 Å². The predicted octanol–water partition coefficient (Wildman–Crippen LogP) is 6.60. The third-order valence-electron chi connectivity index (χ3n) is 4.31. The topological polar surface area (TPSA) is 20.2 Å². The number of benzene rings is 1. The molecule has 134 valence electrons. The molecular formula is C20H35IOSe. The van der Waals surface area contributed by atoms with Crippen LogP contribution in [-0.2, 0) is 6.42 Å². The fourth-order valence-corrected chi connectivity index (χ4v) is 8.78. The van der Waals surface area contributed by atoms with Gasteiger partial charge in [0.1, 0.15) is 0 Å². The Bertz CT molecular complexity index is 402. The molecule has 0 spiro atoms. The predicted molar refractivity (Wildman–Crippen MR) is 114 cm³/mol. The van der Waals surface area contributed by atoms with Gasteiger partial charge in [-0.3, -0.25) is 0 Å². The van der Waals surface area contributed by atoms with E-state index in [2.05, 4.69) is 69.2 Å². The summed E-state index contributed by atoms with van der Waals surface area (Å²) in [6, 6.07) is 10.8. The number of aliphatic hydroxyl groups is 1. The number of hydrogen-bond donors (Lipinski definition) is 1. The van der Waals surface area contributed by atoms with Gasteiger partial charge in [-0.05, 0) is 0 Å². The van der Waals surface area contributed by atoms with Crippen LogP contribution >= 0.6 is 20.3 Å². The quantitative estimate of drug-likeness (QED) is 0.196. The molecule has 3 heteroatoms. The Labute approximate surface area is 157 Å². The molecule has 0 amide bonds. The van der Waals surface area contributed by atoms with Crippen molar-refractivity contribution in [3.05, 3.63) is 35.9 Å². The van der Waals surface area contributed by atoms with Gasteiger partial charge in [-0.15, -0.1) is 0 Å². The first-order chi connectivity index (χ1) is 10.9. The Hall–Kier alpha value is 0.429. The van der Waals surface area contributed by atoms with E-state index in [0.29, 0.717) is 5.92 Å². The number of aliphatic hydroxyl groups excluding tert-OH is 1. The molecule has 1 nitrogen and oxygen atoms in total. The molecule has 2 unspecified atom stereocenters. The van der Waals surface area contributed by atoms with Crippen LogP contribution < -0.4 is 0 Å². The Morgan fingerprint density at radius 3 is 2.35 bits per heavy atom. The Morgan fingerprint density at radius 1 is 1.04 bits per heavy atom. The standard InChI is InChI=1S/C20H35IOSe/c1-4-5-6-10-13-20(22)16-19(17-23(2,3)21)15-14-18-11-8-7-9-12-18/h7-9,11-12,19-20,22H,4-6,10,13-17H2,1-3H3. The van der Waals surface area contributed by atoms with Crippen molar-refractivity contribution in [1.29, 1.82) is 0 Å². The molecule has 0 saturated carbocycles. The maximum atomic E-state index is 10.4. The van der Waals surface area contributed by atoms with Gasteiger partial charge in [0.05, 0.1) is 0 Å². The summed E-state index contributed by atoms with van der Waals surface area (Å²) in [6.07, 6.45) is 9.31. The van der Waals surface area contributed by atoms with Crippen molar-refractivity contribution in [2.24, 2.45) is 5.92 Å². The Balaban J connectivity index is 2.44. The second kappa shape index (κ2) is 11.9. The molecule has 1 rings (SSSR count). The Kier molecular flexibility index (Phi) is 11.1. The number of unbranched alkanes of at least 4 members (excludes halogenated alkanes) is 3. The van der Waals surface area contributed by atoms with Gasteiger partial charge in [-0.25, -0.2) is 0 Å². The van der Waals surface area contributed by atoms with Gasteiger partial charge in [0.15, 0.2) is 0 Å². The zero-order valence-electron chi connectivity index (χ0n) is 15.1. The number of hydrogen-bond acceptors (Lipinski definition) is 1. The van der Waals surface area contributed by atoms with Crippen LogP contribution in [0.4, 0.5) is 0 Å². The molecule has 0 bridgehead atoms. The second-order valence-electron chi connectivity index (χ2n) is 7.20. The van der Waals surface area contributed by atoms with Crippen molar-refractivity contribution in [3.63, 3.8) is 0 Å². The maximum absolute atomic E-state index is 10.4. The fourth-order valence-electron chi connectivity index (χ4n) is 3.15. The van der Waals surface area contributed by atoms with Crippen LogP contribution in [0, 0.1) is 5.92 Å². The average Bonchev–Trinajstić information content (AvgIpc) is 2.49. The summed E-state index contributed by atoms with van der Waals surface area (Å²) < 4.78 is 0. The first kappa shape index (κ1) is 21.5. The van der Waals surface area contributed by atoms with Crippen LogP contribution in [-0.4, -0.2) is 20.8 Å². The SMILES string of the molecule is CCCCCCC(O)CC(CCc1ccccc1)C[Se](C)(C)I. The van der Waals surface area contributed by atoms with Gasteiger partial charge < -0.3 is 0 Å². The van der Waals surface area contributed by atoms with Gasteiger partial charge in [-0.1, -0.05) is 0 Å². The third kappa shape index (κ3) is 11.6. The minimum atomic E-state index is -1.29. The van der Waals surface area contributed by atoms with Gasteiger partial charge in [0.2, 0.25) is 0 Å². The number of halogens is 1. The molecule has 0 aliphatic heterocycles.